The summed E-state index contributed by atoms with van der Waals surface area (Å²) in [6.45, 7) is 1.65. The van der Waals surface area contributed by atoms with E-state index in [1.807, 2.05) is 30.3 Å². The predicted octanol–water partition coefficient (Wildman–Crippen LogP) is 2.43. The number of aromatic nitrogens is 2. The third-order valence-electron chi connectivity index (χ3n) is 5.02. The van der Waals surface area contributed by atoms with Crippen LogP contribution in [0.2, 0.25) is 0 Å². The summed E-state index contributed by atoms with van der Waals surface area (Å²) in [6, 6.07) is 13.9. The van der Waals surface area contributed by atoms with Crippen molar-refractivity contribution in [1.29, 1.82) is 0 Å². The van der Waals surface area contributed by atoms with E-state index in [-0.39, 0.29) is 19.2 Å². The molecule has 9 heteroatoms. The number of carbonyl (C=O) groups is 2. The van der Waals surface area contributed by atoms with Crippen molar-refractivity contribution in [2.75, 3.05) is 6.79 Å². The first-order valence-electron chi connectivity index (χ1n) is 8.97. The molecule has 1 saturated heterocycles. The highest BCUT2D eigenvalue weighted by Gasteiger charge is 2.49. The Kier molecular flexibility index (Phi) is 3.76. The van der Waals surface area contributed by atoms with Crippen LogP contribution in [0, 0.1) is 0 Å². The van der Waals surface area contributed by atoms with Gasteiger partial charge in [-0.2, -0.15) is 4.98 Å². The summed E-state index contributed by atoms with van der Waals surface area (Å²) >= 11 is 0. The lowest BCUT2D eigenvalue weighted by Gasteiger charge is -2.22. The van der Waals surface area contributed by atoms with Crippen LogP contribution in [-0.4, -0.2) is 33.8 Å². The van der Waals surface area contributed by atoms with E-state index in [0.717, 1.165) is 10.5 Å². The molecule has 9 nitrogen and oxygen atoms in total. The standard InChI is InChI=1S/C20H16N4O5/c1-20(13-7-8-14-15(9-13)28-11-27-14)18(25)24(19(26)22-20)10-16-21-17(23-29-16)12-5-3-2-4-6-12/h2-9H,10-11H2,1H3,(H,22,26)/t20-/m0/s1. The van der Waals surface area contributed by atoms with Gasteiger partial charge in [0.1, 0.15) is 12.1 Å². The molecule has 1 fully saturated rings. The van der Waals surface area contributed by atoms with Gasteiger partial charge in [-0.25, -0.2) is 4.79 Å². The molecular formula is C20H16N4O5. The van der Waals surface area contributed by atoms with Crippen LogP contribution < -0.4 is 14.8 Å². The molecule has 0 radical (unpaired) electrons. The smallest absolute Gasteiger partial charge is 0.325 e. The number of hydrogen-bond donors (Lipinski definition) is 1. The maximum absolute atomic E-state index is 13.1. The Balaban J connectivity index is 1.39. The van der Waals surface area contributed by atoms with Crippen LogP contribution in [0.1, 0.15) is 18.4 Å². The number of ether oxygens (including phenoxy) is 2. The number of imide groups is 1. The number of benzene rings is 2. The van der Waals surface area contributed by atoms with Gasteiger partial charge in [0.15, 0.2) is 11.5 Å². The molecule has 2 aliphatic rings. The quantitative estimate of drug-likeness (QED) is 0.680. The van der Waals surface area contributed by atoms with E-state index in [1.165, 1.54) is 0 Å². The van der Waals surface area contributed by atoms with Crippen molar-refractivity contribution >= 4 is 11.9 Å². The average Bonchev–Trinajstić information content (AvgIpc) is 3.44. The molecule has 1 atom stereocenters. The van der Waals surface area contributed by atoms with Crippen molar-refractivity contribution in [3.05, 3.63) is 60.0 Å². The van der Waals surface area contributed by atoms with Crippen molar-refractivity contribution in [3.63, 3.8) is 0 Å². The first-order valence-corrected chi connectivity index (χ1v) is 8.97. The van der Waals surface area contributed by atoms with Gasteiger partial charge in [0, 0.05) is 5.56 Å². The molecule has 0 unspecified atom stereocenters. The molecule has 2 aromatic carbocycles. The number of urea groups is 1. The molecule has 3 heterocycles. The Bertz CT molecular complexity index is 1110. The Labute approximate surface area is 165 Å². The van der Waals surface area contributed by atoms with Gasteiger partial charge in [0.2, 0.25) is 18.5 Å². The van der Waals surface area contributed by atoms with Gasteiger partial charge in [-0.1, -0.05) is 41.6 Å². The van der Waals surface area contributed by atoms with E-state index in [9.17, 15) is 9.59 Å². The topological polar surface area (TPSA) is 107 Å². The van der Waals surface area contributed by atoms with Crippen molar-refractivity contribution < 1.29 is 23.6 Å². The molecule has 0 bridgehead atoms. The number of nitrogens with one attached hydrogen (secondary N) is 1. The van der Waals surface area contributed by atoms with Crippen LogP contribution in [0.5, 0.6) is 11.5 Å². The number of amides is 3. The molecule has 29 heavy (non-hydrogen) atoms. The van der Waals surface area contributed by atoms with Gasteiger partial charge in [-0.3, -0.25) is 9.69 Å². The minimum Gasteiger partial charge on any atom is -0.454 e. The van der Waals surface area contributed by atoms with Gasteiger partial charge < -0.3 is 19.3 Å². The molecule has 146 valence electrons. The summed E-state index contributed by atoms with van der Waals surface area (Å²) in [5.41, 5.74) is 0.142. The van der Waals surface area contributed by atoms with E-state index in [1.54, 1.807) is 25.1 Å². The lowest BCUT2D eigenvalue weighted by Crippen LogP contribution is -2.40. The second-order valence-corrected chi connectivity index (χ2v) is 6.89. The van der Waals surface area contributed by atoms with Crippen LogP contribution in [-0.2, 0) is 16.9 Å². The van der Waals surface area contributed by atoms with E-state index >= 15 is 0 Å². The highest BCUT2D eigenvalue weighted by Crippen LogP contribution is 2.38. The Morgan fingerprint density at radius 1 is 1.10 bits per heavy atom. The van der Waals surface area contributed by atoms with Crippen molar-refractivity contribution in [2.24, 2.45) is 0 Å². The average molecular weight is 392 g/mol. The van der Waals surface area contributed by atoms with Crippen molar-refractivity contribution in [3.8, 4) is 22.9 Å². The molecule has 1 aromatic heterocycles. The molecule has 1 N–H and O–H groups in total. The number of fused-ring (bicyclic) bond motifs is 1. The Hall–Kier alpha value is -3.88. The fourth-order valence-corrected chi connectivity index (χ4v) is 3.40. The highest BCUT2D eigenvalue weighted by molar-refractivity contribution is 6.07. The molecule has 3 aromatic rings. The van der Waals surface area contributed by atoms with Gasteiger partial charge in [0.05, 0.1) is 0 Å². The van der Waals surface area contributed by atoms with E-state index in [2.05, 4.69) is 15.5 Å². The molecule has 3 amide bonds. The lowest BCUT2D eigenvalue weighted by atomic mass is 9.91. The summed E-state index contributed by atoms with van der Waals surface area (Å²) in [4.78, 5) is 31.0. The summed E-state index contributed by atoms with van der Waals surface area (Å²) in [5, 5.41) is 6.67. The predicted molar refractivity (Wildman–Crippen MR) is 98.7 cm³/mol. The van der Waals surface area contributed by atoms with Gasteiger partial charge in [-0.15, -0.1) is 0 Å². The SMILES string of the molecule is C[C@@]1(c2ccc3c(c2)OCO3)NC(=O)N(Cc2nc(-c3ccccc3)no2)C1=O. The van der Waals surface area contributed by atoms with Crippen LogP contribution in [0.3, 0.4) is 0 Å². The minimum absolute atomic E-state index is 0.120. The fourth-order valence-electron chi connectivity index (χ4n) is 3.40. The Morgan fingerprint density at radius 2 is 1.90 bits per heavy atom. The molecule has 5 rings (SSSR count). The zero-order valence-electron chi connectivity index (χ0n) is 15.4. The second kappa shape index (κ2) is 6.33. The molecule has 0 spiro atoms. The summed E-state index contributed by atoms with van der Waals surface area (Å²) in [5.74, 6) is 1.29. The van der Waals surface area contributed by atoms with Crippen LogP contribution in [0.25, 0.3) is 11.4 Å². The Morgan fingerprint density at radius 3 is 2.72 bits per heavy atom. The zero-order valence-corrected chi connectivity index (χ0v) is 15.4. The molecule has 0 saturated carbocycles. The van der Waals surface area contributed by atoms with Crippen LogP contribution >= 0.6 is 0 Å². The first kappa shape index (κ1) is 17.2. The normalized spacial score (nSPS) is 20.2. The third-order valence-corrected chi connectivity index (χ3v) is 5.02. The van der Waals surface area contributed by atoms with Gasteiger partial charge in [-0.05, 0) is 24.6 Å². The van der Waals surface area contributed by atoms with Crippen molar-refractivity contribution in [2.45, 2.75) is 19.0 Å². The fraction of sp³-hybridized carbons (Fsp3) is 0.200. The number of hydrogen-bond acceptors (Lipinski definition) is 7. The van der Waals surface area contributed by atoms with Crippen LogP contribution in [0.15, 0.2) is 53.1 Å². The maximum atomic E-state index is 13.1. The lowest BCUT2D eigenvalue weighted by molar-refractivity contribution is -0.131. The highest BCUT2D eigenvalue weighted by atomic mass is 16.7. The van der Waals surface area contributed by atoms with Gasteiger partial charge >= 0.3 is 6.03 Å². The van der Waals surface area contributed by atoms with E-state index in [0.29, 0.717) is 22.9 Å². The zero-order chi connectivity index (χ0) is 20.0. The first-order chi connectivity index (χ1) is 14.0. The largest absolute Gasteiger partial charge is 0.454 e. The number of carbonyl (C=O) groups excluding carboxylic acids is 2. The van der Waals surface area contributed by atoms with Gasteiger partial charge in [0.25, 0.3) is 5.91 Å². The van der Waals surface area contributed by atoms with E-state index < -0.39 is 17.5 Å². The molecule has 2 aliphatic heterocycles. The number of rotatable bonds is 4. The second-order valence-electron chi connectivity index (χ2n) is 6.89. The van der Waals surface area contributed by atoms with E-state index in [4.69, 9.17) is 14.0 Å². The third kappa shape index (κ3) is 2.78. The summed E-state index contributed by atoms with van der Waals surface area (Å²) in [6.07, 6.45) is 0. The van der Waals surface area contributed by atoms with Crippen molar-refractivity contribution in [1.82, 2.24) is 20.4 Å². The molecule has 0 aliphatic carbocycles. The monoisotopic (exact) mass is 392 g/mol. The summed E-state index contributed by atoms with van der Waals surface area (Å²) in [7, 11) is 0. The minimum atomic E-state index is -1.24. The number of nitrogens with zero attached hydrogens (tertiary/aromatic N) is 3. The van der Waals surface area contributed by atoms with Crippen LogP contribution in [0.4, 0.5) is 4.79 Å². The maximum Gasteiger partial charge on any atom is 0.325 e. The molecular weight excluding hydrogens is 376 g/mol. The summed E-state index contributed by atoms with van der Waals surface area (Å²) < 4.78 is 15.9.